The predicted octanol–water partition coefficient (Wildman–Crippen LogP) is 0.798. The van der Waals surface area contributed by atoms with E-state index in [9.17, 15) is 0 Å². The van der Waals surface area contributed by atoms with Crippen LogP contribution >= 0.6 is 12.2 Å². The molecule has 0 radical (unpaired) electrons. The van der Waals surface area contributed by atoms with Gasteiger partial charge in [-0.25, -0.2) is 4.98 Å². The zero-order valence-electron chi connectivity index (χ0n) is 10.1. The molecule has 1 saturated heterocycles. The smallest absolute Gasteiger partial charge is 0.131 e. The quantitative estimate of drug-likeness (QED) is 0.804. The standard InChI is InChI=1S/C12H18N4S/c1-10-3-2-4-14-12(10)16-7-5-15(6-8-16)9-11(13)17/h2-4H,5-9H2,1H3,(H2,13,17). The van der Waals surface area contributed by atoms with Crippen LogP contribution < -0.4 is 10.6 Å². The molecular weight excluding hydrogens is 232 g/mol. The molecule has 92 valence electrons. The maximum absolute atomic E-state index is 5.56. The lowest BCUT2D eigenvalue weighted by Crippen LogP contribution is -2.49. The summed E-state index contributed by atoms with van der Waals surface area (Å²) in [5.41, 5.74) is 6.79. The van der Waals surface area contributed by atoms with Crippen molar-refractivity contribution in [1.82, 2.24) is 9.88 Å². The van der Waals surface area contributed by atoms with Gasteiger partial charge in [-0.05, 0) is 18.6 Å². The minimum atomic E-state index is 0.576. The Balaban J connectivity index is 1.95. The highest BCUT2D eigenvalue weighted by Crippen LogP contribution is 2.17. The highest BCUT2D eigenvalue weighted by molar-refractivity contribution is 7.80. The first kappa shape index (κ1) is 12.3. The molecule has 0 atom stereocenters. The van der Waals surface area contributed by atoms with Crippen molar-refractivity contribution in [2.75, 3.05) is 37.6 Å². The van der Waals surface area contributed by atoms with E-state index in [0.717, 1.165) is 38.5 Å². The molecule has 17 heavy (non-hydrogen) atoms. The van der Waals surface area contributed by atoms with Crippen LogP contribution in [-0.4, -0.2) is 47.6 Å². The van der Waals surface area contributed by atoms with E-state index >= 15 is 0 Å². The van der Waals surface area contributed by atoms with Crippen LogP contribution in [0.5, 0.6) is 0 Å². The number of hydrogen-bond acceptors (Lipinski definition) is 4. The second-order valence-electron chi connectivity index (χ2n) is 4.37. The number of rotatable bonds is 3. The minimum absolute atomic E-state index is 0.576. The predicted molar refractivity (Wildman–Crippen MR) is 74.4 cm³/mol. The van der Waals surface area contributed by atoms with E-state index in [4.69, 9.17) is 18.0 Å². The van der Waals surface area contributed by atoms with Gasteiger partial charge in [0.2, 0.25) is 0 Å². The van der Waals surface area contributed by atoms with Crippen LogP contribution in [0.2, 0.25) is 0 Å². The monoisotopic (exact) mass is 250 g/mol. The van der Waals surface area contributed by atoms with Gasteiger partial charge in [0.15, 0.2) is 0 Å². The molecule has 2 heterocycles. The number of aryl methyl sites for hydroxylation is 1. The van der Waals surface area contributed by atoms with Gasteiger partial charge in [-0.15, -0.1) is 0 Å². The van der Waals surface area contributed by atoms with E-state index in [0.29, 0.717) is 4.99 Å². The van der Waals surface area contributed by atoms with Crippen molar-refractivity contribution >= 4 is 23.0 Å². The van der Waals surface area contributed by atoms with Crippen LogP contribution in [0.15, 0.2) is 18.3 Å². The second kappa shape index (κ2) is 5.42. The average molecular weight is 250 g/mol. The topological polar surface area (TPSA) is 45.4 Å². The molecule has 0 unspecified atom stereocenters. The summed E-state index contributed by atoms with van der Waals surface area (Å²) in [7, 11) is 0. The van der Waals surface area contributed by atoms with Crippen molar-refractivity contribution in [3.05, 3.63) is 23.9 Å². The van der Waals surface area contributed by atoms with Crippen LogP contribution in [0.3, 0.4) is 0 Å². The largest absolute Gasteiger partial charge is 0.392 e. The molecule has 2 N–H and O–H groups in total. The molecule has 5 heteroatoms. The first-order valence-electron chi connectivity index (χ1n) is 5.84. The van der Waals surface area contributed by atoms with Crippen molar-refractivity contribution in [2.24, 2.45) is 5.73 Å². The van der Waals surface area contributed by atoms with Crippen LogP contribution in [0, 0.1) is 6.92 Å². The van der Waals surface area contributed by atoms with Crippen molar-refractivity contribution in [2.45, 2.75) is 6.92 Å². The van der Waals surface area contributed by atoms with E-state index in [1.54, 1.807) is 0 Å². The fourth-order valence-corrected chi connectivity index (χ4v) is 2.33. The molecule has 1 aromatic rings. The first-order valence-corrected chi connectivity index (χ1v) is 6.25. The minimum Gasteiger partial charge on any atom is -0.392 e. The Morgan fingerprint density at radius 3 is 2.71 bits per heavy atom. The lowest BCUT2D eigenvalue weighted by Gasteiger charge is -2.35. The van der Waals surface area contributed by atoms with E-state index in [-0.39, 0.29) is 0 Å². The van der Waals surface area contributed by atoms with Gasteiger partial charge in [0, 0.05) is 38.9 Å². The van der Waals surface area contributed by atoms with E-state index in [1.807, 2.05) is 12.3 Å². The maximum Gasteiger partial charge on any atom is 0.131 e. The maximum atomic E-state index is 5.56. The third-order valence-electron chi connectivity index (χ3n) is 3.03. The van der Waals surface area contributed by atoms with Gasteiger partial charge < -0.3 is 10.6 Å². The van der Waals surface area contributed by atoms with Crippen molar-refractivity contribution in [3.63, 3.8) is 0 Å². The Bertz CT molecular complexity index is 399. The first-order chi connectivity index (χ1) is 8.16. The molecule has 1 aliphatic heterocycles. The Morgan fingerprint density at radius 2 is 2.12 bits per heavy atom. The molecule has 0 aromatic carbocycles. The summed E-state index contributed by atoms with van der Waals surface area (Å²) in [6, 6.07) is 4.08. The number of aromatic nitrogens is 1. The van der Waals surface area contributed by atoms with Gasteiger partial charge in [0.1, 0.15) is 5.82 Å². The Morgan fingerprint density at radius 1 is 1.41 bits per heavy atom. The zero-order chi connectivity index (χ0) is 12.3. The Kier molecular flexibility index (Phi) is 3.91. The summed E-state index contributed by atoms with van der Waals surface area (Å²) >= 11 is 4.93. The van der Waals surface area contributed by atoms with E-state index in [1.165, 1.54) is 5.56 Å². The van der Waals surface area contributed by atoms with Gasteiger partial charge in [-0.1, -0.05) is 18.3 Å². The number of piperazine rings is 1. The van der Waals surface area contributed by atoms with Crippen LogP contribution in [0.4, 0.5) is 5.82 Å². The summed E-state index contributed by atoms with van der Waals surface area (Å²) < 4.78 is 0. The fraction of sp³-hybridized carbons (Fsp3) is 0.500. The number of anilines is 1. The average Bonchev–Trinajstić information content (AvgIpc) is 2.30. The molecule has 2 rings (SSSR count). The molecule has 1 aromatic heterocycles. The molecule has 0 aliphatic carbocycles. The summed E-state index contributed by atoms with van der Waals surface area (Å²) in [5.74, 6) is 1.10. The summed E-state index contributed by atoms with van der Waals surface area (Å²) in [5, 5.41) is 0. The molecule has 1 fully saturated rings. The molecule has 0 saturated carbocycles. The van der Waals surface area contributed by atoms with Gasteiger partial charge >= 0.3 is 0 Å². The summed E-state index contributed by atoms with van der Waals surface area (Å²) in [6.07, 6.45) is 1.85. The number of thiocarbonyl (C=S) groups is 1. The van der Waals surface area contributed by atoms with E-state index < -0.39 is 0 Å². The Hall–Kier alpha value is -1.20. The molecular formula is C12H18N4S. The fourth-order valence-electron chi connectivity index (χ4n) is 2.15. The number of nitrogens with zero attached hydrogens (tertiary/aromatic N) is 3. The second-order valence-corrected chi connectivity index (χ2v) is 4.90. The number of hydrogen-bond donors (Lipinski definition) is 1. The summed E-state index contributed by atoms with van der Waals surface area (Å²) in [4.78, 5) is 9.63. The lowest BCUT2D eigenvalue weighted by molar-refractivity contribution is 0.291. The highest BCUT2D eigenvalue weighted by Gasteiger charge is 2.18. The van der Waals surface area contributed by atoms with Crippen molar-refractivity contribution < 1.29 is 0 Å². The summed E-state index contributed by atoms with van der Waals surface area (Å²) in [6.45, 7) is 6.79. The third kappa shape index (κ3) is 3.14. The number of nitrogens with two attached hydrogens (primary N) is 1. The van der Waals surface area contributed by atoms with Gasteiger partial charge in [0.25, 0.3) is 0 Å². The number of pyridine rings is 1. The van der Waals surface area contributed by atoms with Crippen molar-refractivity contribution in [3.8, 4) is 0 Å². The molecule has 1 aliphatic rings. The van der Waals surface area contributed by atoms with Crippen LogP contribution in [0.25, 0.3) is 0 Å². The molecule has 4 nitrogen and oxygen atoms in total. The van der Waals surface area contributed by atoms with E-state index in [2.05, 4.69) is 27.8 Å². The molecule has 0 bridgehead atoms. The Labute approximate surface area is 107 Å². The van der Waals surface area contributed by atoms with Crippen LogP contribution in [0.1, 0.15) is 5.56 Å². The lowest BCUT2D eigenvalue weighted by atomic mass is 10.2. The third-order valence-corrected chi connectivity index (χ3v) is 3.16. The van der Waals surface area contributed by atoms with Gasteiger partial charge in [-0.2, -0.15) is 0 Å². The van der Waals surface area contributed by atoms with Crippen molar-refractivity contribution in [1.29, 1.82) is 0 Å². The molecule has 0 amide bonds. The highest BCUT2D eigenvalue weighted by atomic mass is 32.1. The SMILES string of the molecule is Cc1cccnc1N1CCN(CC(N)=S)CC1. The normalized spacial score (nSPS) is 17.1. The van der Waals surface area contributed by atoms with Gasteiger partial charge in [-0.3, -0.25) is 4.90 Å². The van der Waals surface area contributed by atoms with Gasteiger partial charge in [0.05, 0.1) is 4.99 Å². The zero-order valence-corrected chi connectivity index (χ0v) is 10.9. The van der Waals surface area contributed by atoms with Crippen LogP contribution in [-0.2, 0) is 0 Å². The molecule has 0 spiro atoms.